The van der Waals surface area contributed by atoms with Crippen LogP contribution in [0.5, 0.6) is 5.75 Å². The Kier molecular flexibility index (Phi) is 11.4. The van der Waals surface area contributed by atoms with E-state index in [1.165, 1.54) is 20.0 Å². The van der Waals surface area contributed by atoms with Crippen LogP contribution in [-0.2, 0) is 27.8 Å². The first-order chi connectivity index (χ1) is 26.7. The predicted octanol–water partition coefficient (Wildman–Crippen LogP) is 7.83. The number of amides is 2. The zero-order valence-electron chi connectivity index (χ0n) is 31.9. The van der Waals surface area contributed by atoms with Gasteiger partial charge >= 0.3 is 6.18 Å². The smallest absolute Gasteiger partial charge is 0.408 e. The standard InChI is InChI=1S/C41H48F3N5O6S/c1-25(2)56(52,53)47-39(50)27-13-15-33-35(20-27)48-22-29(18-28-19-31(54-3)14-16-32(28)38(48)36(33)26-10-6-4-7-11-26)37-34(21-45-49(37)24-41(42,43)44)40(51)46-30-12-8-5-9-17-55-23-30/h13-16,18-21,25-26,30H,4-12,17,22-24H2,1-3H3,(H,46,51)(H,47,50). The SMILES string of the molecule is COc1ccc2c(c1)C=C(c1c(C(=O)NC3CCCCCOC3)cnn1CC(F)(F)F)Cn1c-2c(C2CCCCC2)c2ccc(C(=O)NS(=O)(=O)C(C)C)cc21. The van der Waals surface area contributed by atoms with Crippen LogP contribution >= 0.6 is 0 Å². The van der Waals surface area contributed by atoms with Crippen LogP contribution < -0.4 is 14.8 Å². The maximum atomic E-state index is 14.2. The van der Waals surface area contributed by atoms with Crippen LogP contribution in [0, 0.1) is 0 Å². The average molecular weight is 796 g/mol. The fraction of sp³-hybridized carbons (Fsp3) is 0.488. The molecule has 4 aromatic rings. The Morgan fingerprint density at radius 1 is 0.982 bits per heavy atom. The van der Waals surface area contributed by atoms with E-state index in [9.17, 15) is 31.2 Å². The van der Waals surface area contributed by atoms with Gasteiger partial charge in [-0.2, -0.15) is 18.3 Å². The molecule has 56 heavy (non-hydrogen) atoms. The third kappa shape index (κ3) is 8.24. The minimum absolute atomic E-state index is 0.00150. The summed E-state index contributed by atoms with van der Waals surface area (Å²) in [5.41, 5.74) is 4.54. The number of ether oxygens (including phenoxy) is 2. The third-order valence-corrected chi connectivity index (χ3v) is 12.8. The van der Waals surface area contributed by atoms with Crippen molar-refractivity contribution in [3.63, 3.8) is 0 Å². The van der Waals surface area contributed by atoms with E-state index in [-0.39, 0.29) is 35.3 Å². The van der Waals surface area contributed by atoms with Gasteiger partial charge in [0.2, 0.25) is 10.0 Å². The fourth-order valence-corrected chi connectivity index (χ4v) is 8.88. The number of alkyl halides is 3. The maximum Gasteiger partial charge on any atom is 0.408 e. The molecule has 1 unspecified atom stereocenters. The number of fused-ring (bicyclic) bond motifs is 5. The molecule has 2 fully saturated rings. The molecule has 2 aromatic carbocycles. The van der Waals surface area contributed by atoms with Crippen LogP contribution in [0.15, 0.2) is 42.6 Å². The molecule has 0 bridgehead atoms. The Morgan fingerprint density at radius 3 is 2.46 bits per heavy atom. The summed E-state index contributed by atoms with van der Waals surface area (Å²) in [6.07, 6.45) is 6.81. The number of halogens is 3. The first kappa shape index (κ1) is 39.6. The normalized spacial score (nSPS) is 18.3. The van der Waals surface area contributed by atoms with Crippen LogP contribution in [0.3, 0.4) is 0 Å². The molecular weight excluding hydrogens is 748 g/mol. The molecule has 2 aliphatic heterocycles. The highest BCUT2D eigenvalue weighted by molar-refractivity contribution is 7.90. The molecule has 15 heteroatoms. The molecular formula is C41H48F3N5O6S. The number of allylic oxidation sites excluding steroid dienone is 1. The number of methoxy groups -OCH3 is 1. The number of rotatable bonds is 9. The first-order valence-electron chi connectivity index (χ1n) is 19.4. The lowest BCUT2D eigenvalue weighted by Gasteiger charge is -2.24. The largest absolute Gasteiger partial charge is 0.497 e. The minimum Gasteiger partial charge on any atom is -0.497 e. The summed E-state index contributed by atoms with van der Waals surface area (Å²) in [7, 11) is -2.40. The van der Waals surface area contributed by atoms with Gasteiger partial charge in [-0.15, -0.1) is 0 Å². The van der Waals surface area contributed by atoms with Crippen molar-refractivity contribution in [3.05, 3.63) is 70.5 Å². The number of carbonyl (C=O) groups is 2. The molecule has 2 aromatic heterocycles. The van der Waals surface area contributed by atoms with Crippen molar-refractivity contribution < 1.29 is 40.7 Å². The van der Waals surface area contributed by atoms with Crippen molar-refractivity contribution in [1.29, 1.82) is 0 Å². The van der Waals surface area contributed by atoms with Crippen LogP contribution in [-0.4, -0.2) is 72.4 Å². The maximum absolute atomic E-state index is 14.2. The Morgan fingerprint density at radius 2 is 1.73 bits per heavy atom. The van der Waals surface area contributed by atoms with Gasteiger partial charge in [-0.05, 0) is 98.6 Å². The molecule has 1 atom stereocenters. The summed E-state index contributed by atoms with van der Waals surface area (Å²) < 4.78 is 84.5. The molecule has 4 heterocycles. The van der Waals surface area contributed by atoms with E-state index in [4.69, 9.17) is 9.47 Å². The molecule has 2 N–H and O–H groups in total. The van der Waals surface area contributed by atoms with E-state index < -0.39 is 39.8 Å². The number of sulfonamides is 1. The summed E-state index contributed by atoms with van der Waals surface area (Å²) in [6.45, 7) is 2.42. The molecule has 1 aliphatic carbocycles. The lowest BCUT2D eigenvalue weighted by atomic mass is 9.81. The highest BCUT2D eigenvalue weighted by atomic mass is 32.2. The molecule has 7 rings (SSSR count). The van der Waals surface area contributed by atoms with Gasteiger partial charge in [0.25, 0.3) is 11.8 Å². The Hall–Kier alpha value is -4.63. The summed E-state index contributed by atoms with van der Waals surface area (Å²) in [4.78, 5) is 27.6. The topological polar surface area (TPSA) is 134 Å². The lowest BCUT2D eigenvalue weighted by molar-refractivity contribution is -0.142. The predicted molar refractivity (Wildman–Crippen MR) is 208 cm³/mol. The van der Waals surface area contributed by atoms with Crippen LogP contribution in [0.25, 0.3) is 33.8 Å². The average Bonchev–Trinajstić information content (AvgIpc) is 3.64. The molecule has 1 saturated heterocycles. The van der Waals surface area contributed by atoms with Crippen molar-refractivity contribution in [2.24, 2.45) is 0 Å². The van der Waals surface area contributed by atoms with Gasteiger partial charge in [0.15, 0.2) is 0 Å². The van der Waals surface area contributed by atoms with E-state index in [1.807, 2.05) is 28.8 Å². The fourth-order valence-electron chi connectivity index (χ4n) is 8.27. The molecule has 1 saturated carbocycles. The van der Waals surface area contributed by atoms with Crippen LogP contribution in [0.2, 0.25) is 0 Å². The quantitative estimate of drug-likeness (QED) is 0.176. The second-order valence-corrected chi connectivity index (χ2v) is 17.6. The highest BCUT2D eigenvalue weighted by Gasteiger charge is 2.35. The van der Waals surface area contributed by atoms with Gasteiger partial charge < -0.3 is 19.4 Å². The number of hydrogen-bond acceptors (Lipinski definition) is 7. The number of nitrogens with zero attached hydrogens (tertiary/aromatic N) is 3. The number of carbonyl (C=O) groups excluding carboxylic acids is 2. The van der Waals surface area contributed by atoms with E-state index in [0.29, 0.717) is 42.0 Å². The van der Waals surface area contributed by atoms with Crippen molar-refractivity contribution >= 4 is 44.4 Å². The molecule has 2 amide bonds. The van der Waals surface area contributed by atoms with Crippen molar-refractivity contribution in [2.75, 3.05) is 20.3 Å². The molecule has 0 spiro atoms. The Labute approximate surface area is 324 Å². The number of benzene rings is 2. The summed E-state index contributed by atoms with van der Waals surface area (Å²) >= 11 is 0. The second-order valence-electron chi connectivity index (χ2n) is 15.3. The van der Waals surface area contributed by atoms with Gasteiger partial charge in [0, 0.05) is 28.6 Å². The lowest BCUT2D eigenvalue weighted by Crippen LogP contribution is -2.39. The Bertz CT molecular complexity index is 2260. The number of aromatic nitrogens is 3. The summed E-state index contributed by atoms with van der Waals surface area (Å²) in [5.74, 6) is -0.641. The summed E-state index contributed by atoms with van der Waals surface area (Å²) in [5, 5.41) is 7.18. The van der Waals surface area contributed by atoms with Crippen molar-refractivity contribution in [2.45, 2.75) is 108 Å². The van der Waals surface area contributed by atoms with Gasteiger partial charge in [-0.3, -0.25) is 14.3 Å². The zero-order valence-corrected chi connectivity index (χ0v) is 32.7. The van der Waals surface area contributed by atoms with Crippen LogP contribution in [0.1, 0.15) is 115 Å². The van der Waals surface area contributed by atoms with E-state index in [2.05, 4.69) is 15.1 Å². The van der Waals surface area contributed by atoms with Crippen molar-refractivity contribution in [3.8, 4) is 17.0 Å². The monoisotopic (exact) mass is 795 g/mol. The number of hydrogen-bond donors (Lipinski definition) is 2. The molecule has 300 valence electrons. The van der Waals surface area contributed by atoms with Crippen LogP contribution in [0.4, 0.5) is 13.2 Å². The van der Waals surface area contributed by atoms with Gasteiger partial charge in [0.1, 0.15) is 12.3 Å². The van der Waals surface area contributed by atoms with Crippen molar-refractivity contribution in [1.82, 2.24) is 24.4 Å². The zero-order chi connectivity index (χ0) is 39.8. The highest BCUT2D eigenvalue weighted by Crippen LogP contribution is 2.48. The molecule has 0 radical (unpaired) electrons. The van der Waals surface area contributed by atoms with Gasteiger partial charge in [0.05, 0.1) is 54.7 Å². The molecule has 11 nitrogen and oxygen atoms in total. The van der Waals surface area contributed by atoms with E-state index in [0.717, 1.165) is 78.3 Å². The number of nitrogens with one attached hydrogen (secondary N) is 2. The minimum atomic E-state index is -4.65. The Balaban J connectivity index is 1.43. The van der Waals surface area contributed by atoms with E-state index in [1.54, 1.807) is 25.3 Å². The third-order valence-electron chi connectivity index (χ3n) is 11.1. The molecule has 3 aliphatic rings. The second kappa shape index (κ2) is 16.1. The summed E-state index contributed by atoms with van der Waals surface area (Å²) in [6, 6.07) is 10.4. The van der Waals surface area contributed by atoms with E-state index >= 15 is 0 Å². The van der Waals surface area contributed by atoms with Gasteiger partial charge in [-0.25, -0.2) is 13.1 Å². The van der Waals surface area contributed by atoms with Gasteiger partial charge in [-0.1, -0.05) is 38.2 Å². The first-order valence-corrected chi connectivity index (χ1v) is 20.9.